The lowest BCUT2D eigenvalue weighted by molar-refractivity contribution is -0.136. The van der Waals surface area contributed by atoms with Crippen LogP contribution in [0.5, 0.6) is 0 Å². The lowest BCUT2D eigenvalue weighted by Crippen LogP contribution is -2.47. The molecule has 80 valence electrons. The summed E-state index contributed by atoms with van der Waals surface area (Å²) in [4.78, 5) is 18.2. The van der Waals surface area contributed by atoms with Gasteiger partial charge < -0.3 is 15.1 Å². The first-order chi connectivity index (χ1) is 6.70. The van der Waals surface area contributed by atoms with E-state index in [1.54, 1.807) is 4.90 Å². The topological polar surface area (TPSA) is 53.9 Å². The average molecular weight is 199 g/mol. The quantitative estimate of drug-likeness (QED) is 0.507. The van der Waals surface area contributed by atoms with Crippen LogP contribution in [-0.4, -0.2) is 49.3 Å². The number of piperazine rings is 1. The van der Waals surface area contributed by atoms with Crippen LogP contribution in [-0.2, 0) is 9.63 Å². The van der Waals surface area contributed by atoms with E-state index in [4.69, 9.17) is 4.84 Å². The predicted molar refractivity (Wildman–Crippen MR) is 54.2 cm³/mol. The van der Waals surface area contributed by atoms with Gasteiger partial charge in [-0.05, 0) is 13.8 Å². The Bertz CT molecular complexity index is 218. The second kappa shape index (κ2) is 5.59. The highest BCUT2D eigenvalue weighted by atomic mass is 16.6. The maximum atomic E-state index is 11.5. The van der Waals surface area contributed by atoms with E-state index in [1.807, 2.05) is 13.8 Å². The Labute approximate surface area is 84.1 Å². The molecule has 5 nitrogen and oxygen atoms in total. The van der Waals surface area contributed by atoms with Crippen LogP contribution in [0.1, 0.15) is 13.8 Å². The first-order valence-corrected chi connectivity index (χ1v) is 4.82. The molecule has 0 saturated carbocycles. The molecule has 1 fully saturated rings. The number of nitrogens with zero attached hydrogens (tertiary/aromatic N) is 2. The molecule has 1 rings (SSSR count). The zero-order valence-corrected chi connectivity index (χ0v) is 8.75. The van der Waals surface area contributed by atoms with Crippen molar-refractivity contribution >= 4 is 11.6 Å². The molecule has 0 aromatic carbocycles. The van der Waals surface area contributed by atoms with Crippen molar-refractivity contribution in [3.05, 3.63) is 0 Å². The monoisotopic (exact) mass is 199 g/mol. The maximum Gasteiger partial charge on any atom is 0.263 e. The Hall–Kier alpha value is -1.10. The Kier molecular flexibility index (Phi) is 4.39. The molecular formula is C9H17N3O2. The van der Waals surface area contributed by atoms with Crippen molar-refractivity contribution in [3.63, 3.8) is 0 Å². The van der Waals surface area contributed by atoms with Crippen molar-refractivity contribution < 1.29 is 9.63 Å². The minimum absolute atomic E-state index is 0.0106. The summed E-state index contributed by atoms with van der Waals surface area (Å²) in [5.74, 6) is 0.0106. The summed E-state index contributed by atoms with van der Waals surface area (Å²) in [6.45, 7) is 6.95. The number of hydrogen-bond acceptors (Lipinski definition) is 4. The maximum absolute atomic E-state index is 11.5. The third-order valence-electron chi connectivity index (χ3n) is 1.90. The van der Waals surface area contributed by atoms with Crippen molar-refractivity contribution in [1.82, 2.24) is 10.2 Å². The largest absolute Gasteiger partial charge is 0.386 e. The van der Waals surface area contributed by atoms with Gasteiger partial charge in [0.25, 0.3) is 5.91 Å². The van der Waals surface area contributed by atoms with E-state index in [-0.39, 0.29) is 12.5 Å². The highest BCUT2D eigenvalue weighted by Gasteiger charge is 2.15. The number of rotatable bonds is 3. The molecule has 14 heavy (non-hydrogen) atoms. The summed E-state index contributed by atoms with van der Waals surface area (Å²) < 4.78 is 0. The van der Waals surface area contributed by atoms with Crippen LogP contribution in [0.3, 0.4) is 0 Å². The fraction of sp³-hybridized carbons (Fsp3) is 0.778. The van der Waals surface area contributed by atoms with E-state index in [0.29, 0.717) is 0 Å². The van der Waals surface area contributed by atoms with Crippen LogP contribution < -0.4 is 5.32 Å². The standard InChI is InChI=1S/C9H17N3O2/c1-8(2)11-14-7-9(13)12-5-3-10-4-6-12/h10H,3-7H2,1-2H3. The number of nitrogens with one attached hydrogen (secondary N) is 1. The van der Waals surface area contributed by atoms with Crippen molar-refractivity contribution in [1.29, 1.82) is 0 Å². The number of carbonyl (C=O) groups excluding carboxylic acids is 1. The van der Waals surface area contributed by atoms with Crippen molar-refractivity contribution in [3.8, 4) is 0 Å². The summed E-state index contributed by atoms with van der Waals surface area (Å²) in [6.07, 6.45) is 0. The molecule has 0 atom stereocenters. The summed E-state index contributed by atoms with van der Waals surface area (Å²) in [7, 11) is 0. The summed E-state index contributed by atoms with van der Waals surface area (Å²) in [5, 5.41) is 6.89. The zero-order valence-electron chi connectivity index (χ0n) is 8.75. The SMILES string of the molecule is CC(C)=NOCC(=O)N1CCNCC1. The molecule has 1 N–H and O–H groups in total. The van der Waals surface area contributed by atoms with Gasteiger partial charge in [0.15, 0.2) is 6.61 Å². The van der Waals surface area contributed by atoms with E-state index in [2.05, 4.69) is 10.5 Å². The molecule has 0 aliphatic carbocycles. The van der Waals surface area contributed by atoms with Crippen molar-refractivity contribution in [2.75, 3.05) is 32.8 Å². The van der Waals surface area contributed by atoms with Crippen LogP contribution in [0.15, 0.2) is 5.16 Å². The fourth-order valence-electron chi connectivity index (χ4n) is 1.22. The first kappa shape index (κ1) is 11.0. The van der Waals surface area contributed by atoms with Gasteiger partial charge in [0.1, 0.15) is 0 Å². The van der Waals surface area contributed by atoms with Crippen LogP contribution >= 0.6 is 0 Å². The molecule has 0 aromatic heterocycles. The smallest absolute Gasteiger partial charge is 0.263 e. The molecule has 1 aliphatic heterocycles. The fourth-order valence-corrected chi connectivity index (χ4v) is 1.22. The second-order valence-corrected chi connectivity index (χ2v) is 3.44. The third-order valence-corrected chi connectivity index (χ3v) is 1.90. The van der Waals surface area contributed by atoms with E-state index in [9.17, 15) is 4.79 Å². The molecule has 0 bridgehead atoms. The van der Waals surface area contributed by atoms with Gasteiger partial charge in [0, 0.05) is 26.2 Å². The van der Waals surface area contributed by atoms with Gasteiger partial charge in [-0.2, -0.15) is 0 Å². The van der Waals surface area contributed by atoms with E-state index < -0.39 is 0 Å². The highest BCUT2D eigenvalue weighted by Crippen LogP contribution is 1.94. The normalized spacial score (nSPS) is 16.3. The molecule has 0 spiro atoms. The number of carbonyl (C=O) groups is 1. The van der Waals surface area contributed by atoms with Crippen LogP contribution in [0.4, 0.5) is 0 Å². The highest BCUT2D eigenvalue weighted by molar-refractivity contribution is 5.79. The molecule has 1 aliphatic rings. The minimum atomic E-state index is 0.0106. The van der Waals surface area contributed by atoms with Gasteiger partial charge in [0.05, 0.1) is 5.71 Å². The van der Waals surface area contributed by atoms with Gasteiger partial charge in [0.2, 0.25) is 0 Å². The molecule has 5 heteroatoms. The van der Waals surface area contributed by atoms with Crippen LogP contribution in [0.2, 0.25) is 0 Å². The Balaban J connectivity index is 2.23. The number of hydrogen-bond donors (Lipinski definition) is 1. The molecule has 1 amide bonds. The van der Waals surface area contributed by atoms with Crippen LogP contribution in [0, 0.1) is 0 Å². The van der Waals surface area contributed by atoms with Crippen molar-refractivity contribution in [2.45, 2.75) is 13.8 Å². The third kappa shape index (κ3) is 3.74. The van der Waals surface area contributed by atoms with Gasteiger partial charge in [-0.3, -0.25) is 4.79 Å². The summed E-state index contributed by atoms with van der Waals surface area (Å²) >= 11 is 0. The number of oxime groups is 1. The van der Waals surface area contributed by atoms with Crippen LogP contribution in [0.25, 0.3) is 0 Å². The van der Waals surface area contributed by atoms with Gasteiger partial charge in [-0.25, -0.2) is 0 Å². The molecular weight excluding hydrogens is 182 g/mol. The second-order valence-electron chi connectivity index (χ2n) is 3.44. The molecule has 1 heterocycles. The molecule has 0 radical (unpaired) electrons. The molecule has 1 saturated heterocycles. The van der Waals surface area contributed by atoms with Gasteiger partial charge >= 0.3 is 0 Å². The van der Waals surface area contributed by atoms with Gasteiger partial charge in [-0.15, -0.1) is 0 Å². The lowest BCUT2D eigenvalue weighted by atomic mass is 10.3. The minimum Gasteiger partial charge on any atom is -0.386 e. The predicted octanol–water partition coefficient (Wildman–Crippen LogP) is -0.169. The first-order valence-electron chi connectivity index (χ1n) is 4.82. The summed E-state index contributed by atoms with van der Waals surface area (Å²) in [5.41, 5.74) is 0.818. The van der Waals surface area contributed by atoms with E-state index in [1.165, 1.54) is 0 Å². The Morgan fingerprint density at radius 1 is 1.43 bits per heavy atom. The van der Waals surface area contributed by atoms with Crippen molar-refractivity contribution in [2.24, 2.45) is 5.16 Å². The van der Waals surface area contributed by atoms with E-state index >= 15 is 0 Å². The zero-order chi connectivity index (χ0) is 10.4. The Morgan fingerprint density at radius 2 is 2.07 bits per heavy atom. The lowest BCUT2D eigenvalue weighted by Gasteiger charge is -2.26. The number of amides is 1. The van der Waals surface area contributed by atoms with E-state index in [0.717, 1.165) is 31.9 Å². The molecule has 0 aromatic rings. The molecule has 0 unspecified atom stereocenters. The summed E-state index contributed by atoms with van der Waals surface area (Å²) in [6, 6.07) is 0. The Morgan fingerprint density at radius 3 is 2.64 bits per heavy atom. The average Bonchev–Trinajstić information content (AvgIpc) is 2.18. The van der Waals surface area contributed by atoms with Gasteiger partial charge in [-0.1, -0.05) is 5.16 Å².